The van der Waals surface area contributed by atoms with Crippen LogP contribution >= 0.6 is 23.2 Å². The van der Waals surface area contributed by atoms with Crippen molar-refractivity contribution in [2.24, 2.45) is 0 Å². The van der Waals surface area contributed by atoms with E-state index >= 15 is 0 Å². The van der Waals surface area contributed by atoms with Gasteiger partial charge in [0, 0.05) is 10.0 Å². The molecule has 2 nitrogen and oxygen atoms in total. The zero-order valence-electron chi connectivity index (χ0n) is 35.8. The average molecular weight is 822 g/mol. The van der Waals surface area contributed by atoms with Gasteiger partial charge < -0.3 is 9.47 Å². The molecule has 4 heteroatoms. The highest BCUT2D eigenvalue weighted by Crippen LogP contribution is 2.56. The van der Waals surface area contributed by atoms with Gasteiger partial charge in [-0.25, -0.2) is 0 Å². The molecule has 0 spiro atoms. The Morgan fingerprint density at radius 2 is 0.517 bits per heavy atom. The summed E-state index contributed by atoms with van der Waals surface area (Å²) in [6.07, 6.45) is 29.3. The molecule has 0 N–H and O–H groups in total. The normalized spacial score (nSPS) is 12.6. The van der Waals surface area contributed by atoms with Crippen LogP contribution in [0.25, 0.3) is 22.3 Å². The first-order chi connectivity index (χ1) is 28.6. The van der Waals surface area contributed by atoms with Crippen LogP contribution in [0.4, 0.5) is 0 Å². The molecule has 312 valence electrons. The van der Waals surface area contributed by atoms with E-state index in [9.17, 15) is 0 Å². The summed E-state index contributed by atoms with van der Waals surface area (Å²) in [5.41, 5.74) is 9.46. The van der Waals surface area contributed by atoms with Crippen molar-refractivity contribution in [2.75, 3.05) is 13.2 Å². The number of rotatable bonds is 30. The second-order valence-electron chi connectivity index (χ2n) is 16.3. The lowest BCUT2D eigenvalue weighted by Crippen LogP contribution is -2.10. The highest BCUT2D eigenvalue weighted by atomic mass is 35.5. The minimum absolute atomic E-state index is 0.727. The van der Waals surface area contributed by atoms with Gasteiger partial charge in [-0.15, -0.1) is 0 Å². The lowest BCUT2D eigenvalue weighted by molar-refractivity contribution is 0.304. The fourth-order valence-electron chi connectivity index (χ4n) is 8.17. The summed E-state index contributed by atoms with van der Waals surface area (Å²) in [6.45, 7) is 6.09. The molecule has 0 saturated heterocycles. The fourth-order valence-corrected chi connectivity index (χ4v) is 8.43. The molecule has 0 aromatic heterocycles. The van der Waals surface area contributed by atoms with Crippen LogP contribution in [0.3, 0.4) is 0 Å². The zero-order valence-corrected chi connectivity index (χ0v) is 37.3. The molecule has 0 aliphatic heterocycles. The number of unbranched alkanes of at least 4 members (excludes halogenated alkanes) is 20. The molecule has 0 radical (unpaired) electrons. The van der Waals surface area contributed by atoms with E-state index < -0.39 is 0 Å². The van der Waals surface area contributed by atoms with E-state index in [0.29, 0.717) is 0 Å². The van der Waals surface area contributed by atoms with Crippen LogP contribution in [0.15, 0.2) is 97.1 Å². The molecule has 1 aliphatic rings. The molecular weight excluding hydrogens is 751 g/mol. The van der Waals surface area contributed by atoms with Crippen LogP contribution in [0, 0.1) is 0 Å². The van der Waals surface area contributed by atoms with Crippen molar-refractivity contribution in [2.45, 2.75) is 155 Å². The van der Waals surface area contributed by atoms with Crippen LogP contribution in [0.5, 0.6) is 11.5 Å². The summed E-state index contributed by atoms with van der Waals surface area (Å²) < 4.78 is 12.5. The van der Waals surface area contributed by atoms with E-state index in [0.717, 1.165) is 69.9 Å². The van der Waals surface area contributed by atoms with E-state index in [-0.39, 0.29) is 0 Å². The van der Waals surface area contributed by atoms with Crippen molar-refractivity contribution in [1.29, 1.82) is 0 Å². The van der Waals surface area contributed by atoms with Gasteiger partial charge >= 0.3 is 0 Å². The van der Waals surface area contributed by atoms with Gasteiger partial charge in [0.25, 0.3) is 0 Å². The first kappa shape index (κ1) is 45.6. The maximum atomic E-state index is 6.40. The number of hydrogen-bond donors (Lipinski definition) is 0. The maximum Gasteiger partial charge on any atom is 0.119 e. The van der Waals surface area contributed by atoms with Crippen molar-refractivity contribution in [3.63, 3.8) is 0 Å². The van der Waals surface area contributed by atoms with Gasteiger partial charge in [-0.3, -0.25) is 0 Å². The molecule has 4 aromatic carbocycles. The molecule has 5 rings (SSSR count). The Bertz CT molecular complexity index is 1650. The predicted octanol–water partition coefficient (Wildman–Crippen LogP) is 17.9. The van der Waals surface area contributed by atoms with Crippen LogP contribution in [-0.4, -0.2) is 13.2 Å². The summed E-state index contributed by atoms with van der Waals surface area (Å²) in [5, 5.41) is 1.45. The molecule has 0 heterocycles. The SMILES string of the molecule is CCCCCCCCCCCCCOc1ccc(C2=C(c3ccc(OCCCCCCCCCCCCC)cc3)C(c3ccc(Cl)cc3)=C2c2ccc(Cl)cc2)cc1. The van der Waals surface area contributed by atoms with Crippen LogP contribution < -0.4 is 9.47 Å². The Balaban J connectivity index is 1.21. The van der Waals surface area contributed by atoms with Crippen LogP contribution in [0.2, 0.25) is 10.0 Å². The van der Waals surface area contributed by atoms with E-state index in [4.69, 9.17) is 32.7 Å². The van der Waals surface area contributed by atoms with Gasteiger partial charge in [0.05, 0.1) is 13.2 Å². The quantitative estimate of drug-likeness (QED) is 0.0488. The molecule has 0 bridgehead atoms. The Hall–Kier alpha value is -3.46. The van der Waals surface area contributed by atoms with Crippen molar-refractivity contribution < 1.29 is 9.47 Å². The van der Waals surface area contributed by atoms with Crippen molar-refractivity contribution in [1.82, 2.24) is 0 Å². The fraction of sp³-hybridized carbons (Fsp3) is 0.481. The molecule has 0 fully saturated rings. The standard InChI is InChI=1S/C54H70Cl2O2/c1-3-5-7-9-11-13-15-17-19-21-23-41-57-49-37-29-45(30-38-49)53-51(43-25-33-47(55)34-26-43)52(44-27-35-48(56)36-28-44)54(53)46-31-39-50(40-32-46)58-42-24-22-20-18-16-14-12-10-8-6-4-2/h25-40H,3-24,41-42H2,1-2H3. The number of benzene rings is 4. The first-order valence-corrected chi connectivity index (χ1v) is 23.8. The summed E-state index contributed by atoms with van der Waals surface area (Å²) >= 11 is 12.8. The van der Waals surface area contributed by atoms with Crippen molar-refractivity contribution in [3.8, 4) is 11.5 Å². The minimum atomic E-state index is 0.727. The second-order valence-corrected chi connectivity index (χ2v) is 17.2. The second kappa shape index (κ2) is 26.6. The molecule has 0 amide bonds. The van der Waals surface area contributed by atoms with E-state index in [2.05, 4.69) is 86.6 Å². The molecule has 4 aromatic rings. The Kier molecular flexibility index (Phi) is 20.9. The van der Waals surface area contributed by atoms with Gasteiger partial charge in [-0.05, 0) is 106 Å². The summed E-state index contributed by atoms with van der Waals surface area (Å²) in [5.74, 6) is 1.85. The highest BCUT2D eigenvalue weighted by Gasteiger charge is 2.33. The topological polar surface area (TPSA) is 18.5 Å². The number of allylic oxidation sites excluding steroid dienone is 4. The third-order valence-corrected chi connectivity index (χ3v) is 12.1. The largest absolute Gasteiger partial charge is 0.494 e. The summed E-state index contributed by atoms with van der Waals surface area (Å²) in [6, 6.07) is 33.8. The third kappa shape index (κ3) is 15.0. The van der Waals surface area contributed by atoms with Crippen molar-refractivity contribution in [3.05, 3.63) is 129 Å². The van der Waals surface area contributed by atoms with Gasteiger partial charge in [0.2, 0.25) is 0 Å². The minimum Gasteiger partial charge on any atom is -0.494 e. The number of halogens is 2. The lowest BCUT2D eigenvalue weighted by atomic mass is 9.69. The maximum absolute atomic E-state index is 6.40. The van der Waals surface area contributed by atoms with Crippen LogP contribution in [0.1, 0.15) is 177 Å². The predicted molar refractivity (Wildman–Crippen MR) is 253 cm³/mol. The highest BCUT2D eigenvalue weighted by molar-refractivity contribution is 6.43. The molecular formula is C54H70Cl2O2. The first-order valence-electron chi connectivity index (χ1n) is 23.1. The summed E-state index contributed by atoms with van der Waals surface area (Å²) in [7, 11) is 0. The van der Waals surface area contributed by atoms with E-state index in [1.54, 1.807) is 0 Å². The Morgan fingerprint density at radius 1 is 0.293 bits per heavy atom. The van der Waals surface area contributed by atoms with Gasteiger partial charge in [-0.1, -0.05) is 214 Å². The molecule has 58 heavy (non-hydrogen) atoms. The number of hydrogen-bond acceptors (Lipinski definition) is 2. The average Bonchev–Trinajstić information content (AvgIpc) is 3.24. The van der Waals surface area contributed by atoms with Crippen LogP contribution in [-0.2, 0) is 0 Å². The third-order valence-electron chi connectivity index (χ3n) is 11.6. The smallest absolute Gasteiger partial charge is 0.119 e. The number of ether oxygens (including phenoxy) is 2. The Labute approximate surface area is 362 Å². The van der Waals surface area contributed by atoms with Crippen molar-refractivity contribution >= 4 is 45.5 Å². The van der Waals surface area contributed by atoms with Gasteiger partial charge in [-0.2, -0.15) is 0 Å². The monoisotopic (exact) mass is 820 g/mol. The molecule has 0 unspecified atom stereocenters. The van der Waals surface area contributed by atoms with E-state index in [1.165, 1.54) is 151 Å². The van der Waals surface area contributed by atoms with Gasteiger partial charge in [0.1, 0.15) is 11.5 Å². The molecule has 0 saturated carbocycles. The van der Waals surface area contributed by atoms with E-state index in [1.807, 2.05) is 24.3 Å². The Morgan fingerprint density at radius 3 is 0.776 bits per heavy atom. The lowest BCUT2D eigenvalue weighted by Gasteiger charge is -2.33. The molecule has 1 aliphatic carbocycles. The van der Waals surface area contributed by atoms with Gasteiger partial charge in [0.15, 0.2) is 0 Å². The molecule has 0 atom stereocenters. The zero-order chi connectivity index (χ0) is 40.6. The summed E-state index contributed by atoms with van der Waals surface area (Å²) in [4.78, 5) is 0.